The fourth-order valence-electron chi connectivity index (χ4n) is 2.92. The Bertz CT molecular complexity index is 751. The minimum absolute atomic E-state index is 0.227. The molecular formula is C18H17N3. The summed E-state index contributed by atoms with van der Waals surface area (Å²) in [5.74, 6) is -0.227. The summed E-state index contributed by atoms with van der Waals surface area (Å²) in [5, 5.41) is 18.6. The molecule has 0 aromatic heterocycles. The first kappa shape index (κ1) is 14.6. The molecule has 0 heterocycles. The SMILES string of the molecule is C=C(C)C1=C(C)CC(N)=C(C#N)C1c1cccc(C#N)c1. The highest BCUT2D eigenvalue weighted by atomic mass is 14.6. The number of rotatable bonds is 2. The normalized spacial score (nSPS) is 18.2. The predicted octanol–water partition coefficient (Wildman–Crippen LogP) is 3.67. The maximum atomic E-state index is 9.50. The Morgan fingerprint density at radius 2 is 2.05 bits per heavy atom. The molecule has 0 saturated heterocycles. The second-order valence-electron chi connectivity index (χ2n) is 5.37. The average Bonchev–Trinajstić information content (AvgIpc) is 2.46. The van der Waals surface area contributed by atoms with E-state index in [1.165, 1.54) is 0 Å². The zero-order valence-corrected chi connectivity index (χ0v) is 12.3. The highest BCUT2D eigenvalue weighted by molar-refractivity contribution is 5.57. The molecule has 3 nitrogen and oxygen atoms in total. The van der Waals surface area contributed by atoms with Crippen molar-refractivity contribution in [2.75, 3.05) is 0 Å². The molecule has 104 valence electrons. The second-order valence-corrected chi connectivity index (χ2v) is 5.37. The Labute approximate surface area is 125 Å². The molecule has 1 aromatic carbocycles. The van der Waals surface area contributed by atoms with Gasteiger partial charge in [0, 0.05) is 18.0 Å². The Morgan fingerprint density at radius 1 is 1.33 bits per heavy atom. The summed E-state index contributed by atoms with van der Waals surface area (Å²) in [5.41, 5.74) is 11.8. The van der Waals surface area contributed by atoms with Crippen molar-refractivity contribution in [3.63, 3.8) is 0 Å². The van der Waals surface area contributed by atoms with Gasteiger partial charge in [0.05, 0.1) is 23.3 Å². The summed E-state index contributed by atoms with van der Waals surface area (Å²) in [4.78, 5) is 0. The summed E-state index contributed by atoms with van der Waals surface area (Å²) in [6.07, 6.45) is 0.597. The van der Waals surface area contributed by atoms with Gasteiger partial charge in [-0.25, -0.2) is 0 Å². The lowest BCUT2D eigenvalue weighted by Crippen LogP contribution is -2.18. The molecule has 2 N–H and O–H groups in total. The molecule has 0 fully saturated rings. The van der Waals surface area contributed by atoms with Gasteiger partial charge in [-0.2, -0.15) is 10.5 Å². The van der Waals surface area contributed by atoms with Gasteiger partial charge in [-0.1, -0.05) is 29.9 Å². The molecular weight excluding hydrogens is 258 g/mol. The van der Waals surface area contributed by atoms with Gasteiger partial charge in [0.1, 0.15) is 0 Å². The average molecular weight is 275 g/mol. The van der Waals surface area contributed by atoms with E-state index in [9.17, 15) is 5.26 Å². The van der Waals surface area contributed by atoms with Crippen LogP contribution in [-0.4, -0.2) is 0 Å². The van der Waals surface area contributed by atoms with E-state index in [1.54, 1.807) is 6.07 Å². The number of nitrogens with zero attached hydrogens (tertiary/aromatic N) is 2. The summed E-state index contributed by atoms with van der Waals surface area (Å²) in [6, 6.07) is 11.7. The van der Waals surface area contributed by atoms with E-state index in [0.29, 0.717) is 23.3 Å². The standard InChI is InChI=1S/C18H17N3/c1-11(2)17-12(3)7-16(21)15(10-20)18(17)14-6-4-5-13(8-14)9-19/h4-6,8,18H,1,7,21H2,2-3H3. The van der Waals surface area contributed by atoms with E-state index >= 15 is 0 Å². The van der Waals surface area contributed by atoms with Crippen molar-refractivity contribution in [2.45, 2.75) is 26.2 Å². The lowest BCUT2D eigenvalue weighted by Gasteiger charge is -2.29. The maximum Gasteiger partial charge on any atom is 0.0991 e. The van der Waals surface area contributed by atoms with Gasteiger partial charge in [0.25, 0.3) is 0 Å². The number of benzene rings is 1. The van der Waals surface area contributed by atoms with Crippen LogP contribution < -0.4 is 5.73 Å². The van der Waals surface area contributed by atoms with Crippen LogP contribution in [0, 0.1) is 22.7 Å². The highest BCUT2D eigenvalue weighted by Crippen LogP contribution is 2.42. The Morgan fingerprint density at radius 3 is 2.62 bits per heavy atom. The van der Waals surface area contributed by atoms with E-state index < -0.39 is 0 Å². The molecule has 1 unspecified atom stereocenters. The van der Waals surface area contributed by atoms with Crippen molar-refractivity contribution in [1.82, 2.24) is 0 Å². The summed E-state index contributed by atoms with van der Waals surface area (Å²) < 4.78 is 0. The first-order valence-electron chi connectivity index (χ1n) is 6.73. The lowest BCUT2D eigenvalue weighted by molar-refractivity contribution is 0.844. The van der Waals surface area contributed by atoms with E-state index in [2.05, 4.69) is 18.7 Å². The van der Waals surface area contributed by atoms with E-state index in [-0.39, 0.29) is 5.92 Å². The number of nitriles is 2. The third-order valence-corrected chi connectivity index (χ3v) is 3.77. The van der Waals surface area contributed by atoms with Gasteiger partial charge < -0.3 is 5.73 Å². The molecule has 1 aliphatic carbocycles. The molecule has 0 radical (unpaired) electrons. The second kappa shape index (κ2) is 5.69. The molecule has 0 saturated carbocycles. The van der Waals surface area contributed by atoms with Crippen molar-refractivity contribution >= 4 is 0 Å². The third kappa shape index (κ3) is 2.59. The van der Waals surface area contributed by atoms with Crippen LogP contribution >= 0.6 is 0 Å². The quantitative estimate of drug-likeness (QED) is 0.894. The predicted molar refractivity (Wildman–Crippen MR) is 82.9 cm³/mol. The number of nitrogens with two attached hydrogens (primary N) is 1. The van der Waals surface area contributed by atoms with Crippen LogP contribution in [0.5, 0.6) is 0 Å². The fraction of sp³-hybridized carbons (Fsp3) is 0.222. The van der Waals surface area contributed by atoms with Crippen LogP contribution in [0.2, 0.25) is 0 Å². The number of hydrogen-bond donors (Lipinski definition) is 1. The van der Waals surface area contributed by atoms with Gasteiger partial charge in [-0.3, -0.25) is 0 Å². The van der Waals surface area contributed by atoms with E-state index in [1.807, 2.05) is 32.0 Å². The van der Waals surface area contributed by atoms with Gasteiger partial charge in [-0.05, 0) is 37.1 Å². The van der Waals surface area contributed by atoms with Crippen LogP contribution in [0.1, 0.15) is 37.3 Å². The number of hydrogen-bond acceptors (Lipinski definition) is 3. The Hall–Kier alpha value is -2.78. The Balaban J connectivity index is 2.69. The molecule has 2 rings (SSSR count). The van der Waals surface area contributed by atoms with Crippen molar-refractivity contribution in [1.29, 1.82) is 10.5 Å². The zero-order valence-electron chi connectivity index (χ0n) is 12.3. The van der Waals surface area contributed by atoms with Crippen molar-refractivity contribution in [3.05, 3.63) is 70.0 Å². The Kier molecular flexibility index (Phi) is 3.96. The van der Waals surface area contributed by atoms with Crippen LogP contribution in [0.25, 0.3) is 0 Å². The number of allylic oxidation sites excluding steroid dienone is 4. The highest BCUT2D eigenvalue weighted by Gasteiger charge is 2.29. The van der Waals surface area contributed by atoms with Gasteiger partial charge in [0.15, 0.2) is 0 Å². The summed E-state index contributed by atoms with van der Waals surface area (Å²) in [7, 11) is 0. The monoisotopic (exact) mass is 275 g/mol. The largest absolute Gasteiger partial charge is 0.401 e. The molecule has 0 bridgehead atoms. The molecule has 0 spiro atoms. The van der Waals surface area contributed by atoms with Gasteiger partial charge >= 0.3 is 0 Å². The van der Waals surface area contributed by atoms with Crippen LogP contribution in [0.15, 0.2) is 58.8 Å². The molecule has 1 aromatic rings. The topological polar surface area (TPSA) is 73.6 Å². The minimum Gasteiger partial charge on any atom is -0.401 e. The molecule has 1 atom stereocenters. The van der Waals surface area contributed by atoms with Crippen molar-refractivity contribution in [2.24, 2.45) is 5.73 Å². The summed E-state index contributed by atoms with van der Waals surface area (Å²) >= 11 is 0. The van der Waals surface area contributed by atoms with Gasteiger partial charge in [0.2, 0.25) is 0 Å². The molecule has 21 heavy (non-hydrogen) atoms. The minimum atomic E-state index is -0.227. The van der Waals surface area contributed by atoms with E-state index in [0.717, 1.165) is 22.3 Å². The third-order valence-electron chi connectivity index (χ3n) is 3.77. The van der Waals surface area contributed by atoms with Crippen molar-refractivity contribution in [3.8, 4) is 12.1 Å². The first-order valence-corrected chi connectivity index (χ1v) is 6.73. The molecule has 0 amide bonds. The molecule has 3 heteroatoms. The zero-order chi connectivity index (χ0) is 15.6. The van der Waals surface area contributed by atoms with Crippen molar-refractivity contribution < 1.29 is 0 Å². The van der Waals surface area contributed by atoms with Gasteiger partial charge in [-0.15, -0.1) is 0 Å². The lowest BCUT2D eigenvalue weighted by atomic mass is 9.74. The molecule has 1 aliphatic rings. The van der Waals surface area contributed by atoms with Crippen LogP contribution in [-0.2, 0) is 0 Å². The van der Waals surface area contributed by atoms with Crippen LogP contribution in [0.4, 0.5) is 0 Å². The summed E-state index contributed by atoms with van der Waals surface area (Å²) in [6.45, 7) is 8.01. The first-order chi connectivity index (χ1) is 9.99. The van der Waals surface area contributed by atoms with Crippen LogP contribution in [0.3, 0.4) is 0 Å². The maximum absolute atomic E-state index is 9.50. The van der Waals surface area contributed by atoms with E-state index in [4.69, 9.17) is 11.0 Å². The smallest absolute Gasteiger partial charge is 0.0991 e. The molecule has 0 aliphatic heterocycles. The fourth-order valence-corrected chi connectivity index (χ4v) is 2.92.